The number of halogens is 1. The second-order valence-corrected chi connectivity index (χ2v) is 4.33. The van der Waals surface area contributed by atoms with Crippen LogP contribution in [0.4, 0.5) is 5.69 Å². The molecular weight excluding hydrogens is 208 g/mol. The van der Waals surface area contributed by atoms with Crippen LogP contribution in [0.3, 0.4) is 0 Å². The molecule has 1 atom stereocenters. The molecule has 0 saturated heterocycles. The largest absolute Gasteiger partial charge is 0.373 e. The normalized spacial score (nSPS) is 12.6. The van der Waals surface area contributed by atoms with E-state index in [2.05, 4.69) is 18.9 Å². The predicted molar refractivity (Wildman–Crippen MR) is 67.6 cm³/mol. The zero-order valence-electron chi connectivity index (χ0n) is 9.63. The van der Waals surface area contributed by atoms with Gasteiger partial charge in [-0.05, 0) is 31.0 Å². The van der Waals surface area contributed by atoms with Gasteiger partial charge in [0.25, 0.3) is 0 Å². The summed E-state index contributed by atoms with van der Waals surface area (Å²) >= 11 is 6.21. The summed E-state index contributed by atoms with van der Waals surface area (Å²) in [5, 5.41) is 0.778. The number of nitrogens with zero attached hydrogens (tertiary/aromatic N) is 1. The highest BCUT2D eigenvalue weighted by atomic mass is 35.5. The molecule has 0 aliphatic rings. The Morgan fingerprint density at radius 1 is 1.47 bits per heavy atom. The van der Waals surface area contributed by atoms with Crippen LogP contribution in [-0.4, -0.2) is 13.6 Å². The van der Waals surface area contributed by atoms with Crippen LogP contribution in [0.15, 0.2) is 18.2 Å². The van der Waals surface area contributed by atoms with Crippen molar-refractivity contribution in [3.05, 3.63) is 28.8 Å². The molecule has 0 aliphatic carbocycles. The van der Waals surface area contributed by atoms with E-state index in [1.54, 1.807) is 0 Å². The number of hydrogen-bond acceptors (Lipinski definition) is 2. The summed E-state index contributed by atoms with van der Waals surface area (Å²) < 4.78 is 0. The lowest BCUT2D eigenvalue weighted by Gasteiger charge is -2.20. The molecule has 84 valence electrons. The van der Waals surface area contributed by atoms with Crippen molar-refractivity contribution in [2.24, 2.45) is 5.73 Å². The molecule has 3 heteroatoms. The minimum atomic E-state index is 0.0352. The third-order valence-corrected chi connectivity index (χ3v) is 2.77. The van der Waals surface area contributed by atoms with Gasteiger partial charge in [0.05, 0.1) is 10.7 Å². The van der Waals surface area contributed by atoms with Crippen LogP contribution in [-0.2, 0) is 0 Å². The zero-order chi connectivity index (χ0) is 11.4. The maximum absolute atomic E-state index is 6.21. The molecular formula is C12H19ClN2. The average molecular weight is 227 g/mol. The fraction of sp³-hybridized carbons (Fsp3) is 0.500. The van der Waals surface area contributed by atoms with Gasteiger partial charge in [-0.3, -0.25) is 0 Å². The minimum absolute atomic E-state index is 0.0352. The van der Waals surface area contributed by atoms with E-state index in [0.717, 1.165) is 29.2 Å². The zero-order valence-corrected chi connectivity index (χ0v) is 10.4. The Morgan fingerprint density at radius 3 is 2.60 bits per heavy atom. The van der Waals surface area contributed by atoms with Gasteiger partial charge in [0, 0.05) is 19.6 Å². The smallest absolute Gasteiger partial charge is 0.0642 e. The average Bonchev–Trinajstić information content (AvgIpc) is 2.17. The van der Waals surface area contributed by atoms with Crippen molar-refractivity contribution < 1.29 is 0 Å². The summed E-state index contributed by atoms with van der Waals surface area (Å²) in [6.45, 7) is 5.12. The quantitative estimate of drug-likeness (QED) is 0.855. The van der Waals surface area contributed by atoms with E-state index in [0.29, 0.717) is 0 Å². The molecule has 0 bridgehead atoms. The second kappa shape index (κ2) is 5.38. The molecule has 1 rings (SSSR count). The second-order valence-electron chi connectivity index (χ2n) is 3.92. The maximum Gasteiger partial charge on any atom is 0.0642 e. The van der Waals surface area contributed by atoms with Crippen molar-refractivity contribution in [2.45, 2.75) is 26.3 Å². The number of rotatable bonds is 4. The molecule has 2 nitrogen and oxygen atoms in total. The Morgan fingerprint density at radius 2 is 2.13 bits per heavy atom. The third kappa shape index (κ3) is 3.11. The minimum Gasteiger partial charge on any atom is -0.373 e. The van der Waals surface area contributed by atoms with E-state index in [4.69, 9.17) is 17.3 Å². The molecule has 1 aromatic carbocycles. The van der Waals surface area contributed by atoms with Gasteiger partial charge in [-0.1, -0.05) is 24.6 Å². The first kappa shape index (κ1) is 12.3. The van der Waals surface area contributed by atoms with Gasteiger partial charge in [-0.25, -0.2) is 0 Å². The Labute approximate surface area is 97.0 Å². The molecule has 0 fully saturated rings. The molecule has 2 N–H and O–H groups in total. The number of anilines is 1. The molecule has 0 radical (unpaired) electrons. The van der Waals surface area contributed by atoms with Gasteiger partial charge < -0.3 is 10.6 Å². The van der Waals surface area contributed by atoms with Crippen LogP contribution in [0.25, 0.3) is 0 Å². The molecule has 0 aromatic heterocycles. The van der Waals surface area contributed by atoms with E-state index in [-0.39, 0.29) is 6.04 Å². The highest BCUT2D eigenvalue weighted by molar-refractivity contribution is 6.33. The van der Waals surface area contributed by atoms with E-state index >= 15 is 0 Å². The highest BCUT2D eigenvalue weighted by Crippen LogP contribution is 2.27. The van der Waals surface area contributed by atoms with Gasteiger partial charge in [-0.15, -0.1) is 0 Å². The number of benzene rings is 1. The van der Waals surface area contributed by atoms with Crippen LogP contribution in [0.5, 0.6) is 0 Å². The van der Waals surface area contributed by atoms with Gasteiger partial charge in [0.15, 0.2) is 0 Å². The monoisotopic (exact) mass is 226 g/mol. The van der Waals surface area contributed by atoms with Crippen molar-refractivity contribution in [3.63, 3.8) is 0 Å². The topological polar surface area (TPSA) is 29.3 Å². The summed E-state index contributed by atoms with van der Waals surface area (Å²) in [5.74, 6) is 0. The van der Waals surface area contributed by atoms with Crippen LogP contribution in [0, 0.1) is 0 Å². The highest BCUT2D eigenvalue weighted by Gasteiger charge is 2.07. The number of nitrogens with two attached hydrogens (primary N) is 1. The lowest BCUT2D eigenvalue weighted by atomic mass is 10.1. The molecule has 0 heterocycles. The van der Waals surface area contributed by atoms with Crippen molar-refractivity contribution in [1.82, 2.24) is 0 Å². The Hall–Kier alpha value is -0.730. The lowest BCUT2D eigenvalue weighted by molar-refractivity contribution is 0.815. The molecule has 1 unspecified atom stereocenters. The molecule has 0 saturated carbocycles. The summed E-state index contributed by atoms with van der Waals surface area (Å²) in [6.07, 6.45) is 1.11. The van der Waals surface area contributed by atoms with Gasteiger partial charge in [-0.2, -0.15) is 0 Å². The lowest BCUT2D eigenvalue weighted by Crippen LogP contribution is -2.18. The summed E-state index contributed by atoms with van der Waals surface area (Å²) in [5.41, 5.74) is 7.94. The first-order valence-electron chi connectivity index (χ1n) is 5.32. The molecule has 0 amide bonds. The summed E-state index contributed by atoms with van der Waals surface area (Å²) in [4.78, 5) is 2.16. The van der Waals surface area contributed by atoms with Crippen LogP contribution in [0.2, 0.25) is 5.02 Å². The molecule has 0 aliphatic heterocycles. The predicted octanol–water partition coefficient (Wildman–Crippen LogP) is 3.21. The summed E-state index contributed by atoms with van der Waals surface area (Å²) in [7, 11) is 2.05. The van der Waals surface area contributed by atoms with Crippen molar-refractivity contribution >= 4 is 17.3 Å². The molecule has 0 spiro atoms. The Kier molecular flexibility index (Phi) is 4.43. The van der Waals surface area contributed by atoms with Gasteiger partial charge >= 0.3 is 0 Å². The van der Waals surface area contributed by atoms with Crippen LogP contribution < -0.4 is 10.6 Å². The van der Waals surface area contributed by atoms with Gasteiger partial charge in [0.1, 0.15) is 0 Å². The van der Waals surface area contributed by atoms with E-state index < -0.39 is 0 Å². The van der Waals surface area contributed by atoms with Crippen molar-refractivity contribution in [2.75, 3.05) is 18.5 Å². The maximum atomic E-state index is 6.21. The molecule has 15 heavy (non-hydrogen) atoms. The van der Waals surface area contributed by atoms with E-state index in [1.807, 2.05) is 25.1 Å². The Bertz CT molecular complexity index is 323. The van der Waals surface area contributed by atoms with Crippen molar-refractivity contribution in [3.8, 4) is 0 Å². The van der Waals surface area contributed by atoms with Crippen LogP contribution in [0.1, 0.15) is 31.9 Å². The fourth-order valence-corrected chi connectivity index (χ4v) is 1.91. The Balaban J connectivity index is 2.92. The first-order valence-corrected chi connectivity index (χ1v) is 5.70. The third-order valence-electron chi connectivity index (χ3n) is 2.47. The van der Waals surface area contributed by atoms with E-state index in [9.17, 15) is 0 Å². The molecule has 1 aromatic rings. The van der Waals surface area contributed by atoms with E-state index in [1.165, 1.54) is 0 Å². The fourth-order valence-electron chi connectivity index (χ4n) is 1.57. The van der Waals surface area contributed by atoms with Gasteiger partial charge in [0.2, 0.25) is 0 Å². The summed E-state index contributed by atoms with van der Waals surface area (Å²) in [6, 6.07) is 6.07. The number of hydrogen-bond donors (Lipinski definition) is 1. The van der Waals surface area contributed by atoms with Crippen LogP contribution >= 0.6 is 11.6 Å². The SMILES string of the molecule is CCCN(C)c1ccc(C(C)N)cc1Cl. The standard InChI is InChI=1S/C12H19ClN2/c1-4-7-15(3)12-6-5-10(9(2)14)8-11(12)13/h5-6,8-9H,4,7,14H2,1-3H3. The first-order chi connectivity index (χ1) is 7.06. The van der Waals surface area contributed by atoms with Crippen molar-refractivity contribution in [1.29, 1.82) is 0 Å².